The third kappa shape index (κ3) is 2.41. The maximum absolute atomic E-state index is 13.2. The van der Waals surface area contributed by atoms with Gasteiger partial charge in [-0.25, -0.2) is 4.39 Å². The molecule has 0 unspecified atom stereocenters. The minimum atomic E-state index is -0.252. The Labute approximate surface area is 129 Å². The van der Waals surface area contributed by atoms with Crippen molar-refractivity contribution in [3.05, 3.63) is 65.2 Å². The zero-order valence-corrected chi connectivity index (χ0v) is 13.0. The predicted molar refractivity (Wildman–Crippen MR) is 85.6 cm³/mol. The van der Waals surface area contributed by atoms with Crippen LogP contribution in [0.1, 0.15) is 23.9 Å². The second kappa shape index (κ2) is 5.72. The Balaban J connectivity index is 2.27. The highest BCUT2D eigenvalue weighted by Gasteiger charge is 2.17. The minimum Gasteiger partial charge on any atom is -0.278 e. The van der Waals surface area contributed by atoms with E-state index < -0.39 is 0 Å². The summed E-state index contributed by atoms with van der Waals surface area (Å²) in [5.74, 6) is 1.39. The van der Waals surface area contributed by atoms with Gasteiger partial charge in [-0.3, -0.25) is 4.57 Å². The fourth-order valence-corrected chi connectivity index (χ4v) is 2.72. The quantitative estimate of drug-likeness (QED) is 0.723. The average Bonchev–Trinajstić information content (AvgIpc) is 2.91. The van der Waals surface area contributed by atoms with E-state index in [1.807, 2.05) is 6.07 Å². The van der Waals surface area contributed by atoms with Crippen LogP contribution in [0, 0.1) is 19.7 Å². The topological polar surface area (TPSA) is 30.7 Å². The standard InChI is InChI=1S/C18H18FN3/c1-4-16-20-21-18(14-8-10-15(19)11-9-14)22(16)17-12(2)6-5-7-13(17)3/h5-11H,4H2,1-3H3. The molecule has 3 nitrogen and oxygen atoms in total. The number of para-hydroxylation sites is 1. The van der Waals surface area contributed by atoms with Gasteiger partial charge in [-0.2, -0.15) is 0 Å². The lowest BCUT2D eigenvalue weighted by Crippen LogP contribution is -2.06. The number of nitrogens with zero attached hydrogens (tertiary/aromatic N) is 3. The number of hydrogen-bond donors (Lipinski definition) is 0. The fourth-order valence-electron chi connectivity index (χ4n) is 2.72. The maximum Gasteiger partial charge on any atom is 0.168 e. The third-order valence-electron chi connectivity index (χ3n) is 3.81. The summed E-state index contributed by atoms with van der Waals surface area (Å²) in [5.41, 5.74) is 4.29. The summed E-state index contributed by atoms with van der Waals surface area (Å²) >= 11 is 0. The molecule has 0 atom stereocenters. The summed E-state index contributed by atoms with van der Waals surface area (Å²) < 4.78 is 15.3. The van der Waals surface area contributed by atoms with Crippen LogP contribution in [-0.2, 0) is 6.42 Å². The van der Waals surface area contributed by atoms with Gasteiger partial charge in [0.1, 0.15) is 11.6 Å². The highest BCUT2D eigenvalue weighted by Crippen LogP contribution is 2.27. The van der Waals surface area contributed by atoms with Crippen LogP contribution in [0.2, 0.25) is 0 Å². The Morgan fingerprint density at radius 2 is 1.59 bits per heavy atom. The van der Waals surface area contributed by atoms with Gasteiger partial charge in [0.25, 0.3) is 0 Å². The van der Waals surface area contributed by atoms with Crippen molar-refractivity contribution >= 4 is 0 Å². The summed E-state index contributed by atoms with van der Waals surface area (Å²) in [6, 6.07) is 12.6. The minimum absolute atomic E-state index is 0.252. The van der Waals surface area contributed by atoms with Gasteiger partial charge in [-0.1, -0.05) is 25.1 Å². The molecule has 0 aliphatic heterocycles. The normalized spacial score (nSPS) is 10.9. The second-order valence-corrected chi connectivity index (χ2v) is 5.38. The van der Waals surface area contributed by atoms with Crippen molar-refractivity contribution in [2.75, 3.05) is 0 Å². The van der Waals surface area contributed by atoms with Gasteiger partial charge in [0.05, 0.1) is 5.69 Å². The summed E-state index contributed by atoms with van der Waals surface area (Å²) in [6.45, 7) is 6.22. The lowest BCUT2D eigenvalue weighted by atomic mass is 10.1. The average molecular weight is 295 g/mol. The largest absolute Gasteiger partial charge is 0.278 e. The zero-order chi connectivity index (χ0) is 15.7. The number of aromatic nitrogens is 3. The van der Waals surface area contributed by atoms with Crippen molar-refractivity contribution in [3.8, 4) is 17.1 Å². The maximum atomic E-state index is 13.2. The predicted octanol–water partition coefficient (Wildman–Crippen LogP) is 4.25. The number of benzene rings is 2. The molecule has 0 radical (unpaired) electrons. The van der Waals surface area contributed by atoms with E-state index in [2.05, 4.69) is 47.7 Å². The van der Waals surface area contributed by atoms with Crippen LogP contribution in [0.15, 0.2) is 42.5 Å². The molecule has 3 aromatic rings. The van der Waals surface area contributed by atoms with Crippen LogP contribution in [0.4, 0.5) is 4.39 Å². The van der Waals surface area contributed by atoms with E-state index in [-0.39, 0.29) is 5.82 Å². The van der Waals surface area contributed by atoms with E-state index in [1.165, 1.54) is 12.1 Å². The number of halogens is 1. The Bertz CT molecular complexity index is 783. The van der Waals surface area contributed by atoms with Crippen LogP contribution in [-0.4, -0.2) is 14.8 Å². The van der Waals surface area contributed by atoms with E-state index in [0.29, 0.717) is 0 Å². The zero-order valence-electron chi connectivity index (χ0n) is 13.0. The molecule has 1 heterocycles. The SMILES string of the molecule is CCc1nnc(-c2ccc(F)cc2)n1-c1c(C)cccc1C. The number of hydrogen-bond acceptors (Lipinski definition) is 2. The number of aryl methyl sites for hydroxylation is 3. The van der Waals surface area contributed by atoms with Crippen LogP contribution in [0.5, 0.6) is 0 Å². The molecule has 3 rings (SSSR count). The molecule has 0 fully saturated rings. The van der Waals surface area contributed by atoms with Gasteiger partial charge in [-0.15, -0.1) is 10.2 Å². The van der Waals surface area contributed by atoms with Gasteiger partial charge in [0, 0.05) is 12.0 Å². The molecular weight excluding hydrogens is 277 g/mol. The molecule has 1 aromatic heterocycles. The van der Waals surface area contributed by atoms with Crippen LogP contribution < -0.4 is 0 Å². The van der Waals surface area contributed by atoms with Crippen molar-refractivity contribution in [1.29, 1.82) is 0 Å². The molecule has 0 amide bonds. The van der Waals surface area contributed by atoms with E-state index in [9.17, 15) is 4.39 Å². The van der Waals surface area contributed by atoms with E-state index in [0.717, 1.165) is 40.4 Å². The van der Waals surface area contributed by atoms with Gasteiger partial charge in [0.15, 0.2) is 5.82 Å². The van der Waals surface area contributed by atoms with Gasteiger partial charge in [-0.05, 0) is 49.2 Å². The summed E-state index contributed by atoms with van der Waals surface area (Å²) in [7, 11) is 0. The Morgan fingerprint density at radius 1 is 0.955 bits per heavy atom. The van der Waals surface area contributed by atoms with Gasteiger partial charge < -0.3 is 0 Å². The van der Waals surface area contributed by atoms with Crippen molar-refractivity contribution in [2.45, 2.75) is 27.2 Å². The molecule has 4 heteroatoms. The third-order valence-corrected chi connectivity index (χ3v) is 3.81. The Kier molecular flexibility index (Phi) is 3.75. The fraction of sp³-hybridized carbons (Fsp3) is 0.222. The smallest absolute Gasteiger partial charge is 0.168 e. The van der Waals surface area contributed by atoms with Crippen LogP contribution in [0.25, 0.3) is 17.1 Å². The number of rotatable bonds is 3. The molecular formula is C18H18FN3. The summed E-state index contributed by atoms with van der Waals surface area (Å²) in [4.78, 5) is 0. The summed E-state index contributed by atoms with van der Waals surface area (Å²) in [6.07, 6.45) is 0.780. The van der Waals surface area contributed by atoms with Crippen molar-refractivity contribution in [1.82, 2.24) is 14.8 Å². The van der Waals surface area contributed by atoms with E-state index >= 15 is 0 Å². The molecule has 0 spiro atoms. The monoisotopic (exact) mass is 295 g/mol. The lowest BCUT2D eigenvalue weighted by Gasteiger charge is -2.15. The Hall–Kier alpha value is -2.49. The van der Waals surface area contributed by atoms with E-state index in [4.69, 9.17) is 0 Å². The highest BCUT2D eigenvalue weighted by atomic mass is 19.1. The van der Waals surface area contributed by atoms with Crippen molar-refractivity contribution in [3.63, 3.8) is 0 Å². The molecule has 0 saturated heterocycles. The molecule has 0 N–H and O–H groups in total. The molecule has 0 aliphatic carbocycles. The van der Waals surface area contributed by atoms with Crippen LogP contribution >= 0.6 is 0 Å². The summed E-state index contributed by atoms with van der Waals surface area (Å²) in [5, 5.41) is 8.65. The molecule has 0 bridgehead atoms. The molecule has 22 heavy (non-hydrogen) atoms. The molecule has 0 aliphatic rings. The first-order chi connectivity index (χ1) is 10.6. The van der Waals surface area contributed by atoms with Gasteiger partial charge in [0.2, 0.25) is 0 Å². The highest BCUT2D eigenvalue weighted by molar-refractivity contribution is 5.61. The molecule has 112 valence electrons. The van der Waals surface area contributed by atoms with Crippen molar-refractivity contribution in [2.24, 2.45) is 0 Å². The first kappa shape index (κ1) is 14.4. The van der Waals surface area contributed by atoms with Crippen LogP contribution in [0.3, 0.4) is 0 Å². The van der Waals surface area contributed by atoms with Crippen molar-refractivity contribution < 1.29 is 4.39 Å². The first-order valence-electron chi connectivity index (χ1n) is 7.38. The lowest BCUT2D eigenvalue weighted by molar-refractivity contribution is 0.628. The van der Waals surface area contributed by atoms with Gasteiger partial charge >= 0.3 is 0 Å². The second-order valence-electron chi connectivity index (χ2n) is 5.38. The molecule has 0 saturated carbocycles. The first-order valence-corrected chi connectivity index (χ1v) is 7.38. The molecule has 2 aromatic carbocycles. The Morgan fingerprint density at radius 3 is 2.18 bits per heavy atom. The van der Waals surface area contributed by atoms with E-state index in [1.54, 1.807) is 12.1 Å².